The number of piperidine rings is 1. The summed E-state index contributed by atoms with van der Waals surface area (Å²) in [6.07, 6.45) is 4.32. The molecule has 0 aromatic heterocycles. The van der Waals surface area contributed by atoms with E-state index in [4.69, 9.17) is 0 Å². The van der Waals surface area contributed by atoms with Gasteiger partial charge in [-0.1, -0.05) is 48.4 Å². The molecule has 0 aliphatic carbocycles. The Bertz CT molecular complexity index is 1170. The number of benzene rings is 2. The molecule has 1 heterocycles. The molecule has 2 aromatic carbocycles. The number of aryl methyl sites for hydroxylation is 1. The number of carbonyl (C=O) groups excluding carboxylic acids is 1. The normalized spacial score (nSPS) is 15.8. The zero-order chi connectivity index (χ0) is 23.1. The lowest BCUT2D eigenvalue weighted by molar-refractivity contribution is -0.117. The fourth-order valence-electron chi connectivity index (χ4n) is 3.36. The van der Waals surface area contributed by atoms with Crippen LogP contribution in [0.3, 0.4) is 0 Å². The van der Waals surface area contributed by atoms with Gasteiger partial charge in [0.2, 0.25) is 10.0 Å². The summed E-state index contributed by atoms with van der Waals surface area (Å²) in [5.41, 5.74) is 5.32. The summed E-state index contributed by atoms with van der Waals surface area (Å²) in [6.45, 7) is 4.75. The van der Waals surface area contributed by atoms with Gasteiger partial charge in [-0.05, 0) is 56.0 Å². The monoisotopic (exact) mass is 450 g/mol. The number of hydrogen-bond donors (Lipinski definition) is 1. The Hall–Kier alpha value is -3.28. The van der Waals surface area contributed by atoms with Gasteiger partial charge in [-0.3, -0.25) is 4.79 Å². The van der Waals surface area contributed by atoms with Crippen LogP contribution in [0.5, 0.6) is 0 Å². The van der Waals surface area contributed by atoms with Crippen molar-refractivity contribution in [3.8, 4) is 6.07 Å². The van der Waals surface area contributed by atoms with E-state index < -0.39 is 15.9 Å². The van der Waals surface area contributed by atoms with Gasteiger partial charge in [-0.15, -0.1) is 0 Å². The summed E-state index contributed by atoms with van der Waals surface area (Å²) in [7, 11) is -3.50. The van der Waals surface area contributed by atoms with Gasteiger partial charge in [0.25, 0.3) is 5.91 Å². The van der Waals surface area contributed by atoms with Crippen molar-refractivity contribution < 1.29 is 13.2 Å². The fourth-order valence-corrected chi connectivity index (χ4v) is 4.88. The van der Waals surface area contributed by atoms with Crippen LogP contribution in [-0.4, -0.2) is 37.4 Å². The molecule has 3 rings (SSSR count). The zero-order valence-electron chi connectivity index (χ0n) is 18.2. The predicted octanol–water partition coefficient (Wildman–Crippen LogP) is 3.62. The van der Waals surface area contributed by atoms with Gasteiger partial charge in [0.15, 0.2) is 0 Å². The van der Waals surface area contributed by atoms with Gasteiger partial charge in [-0.25, -0.2) is 13.8 Å². The van der Waals surface area contributed by atoms with Gasteiger partial charge in [0.1, 0.15) is 11.6 Å². The molecule has 8 heteroatoms. The van der Waals surface area contributed by atoms with Crippen molar-refractivity contribution in [3.05, 3.63) is 70.8 Å². The molecular formula is C24H26N4O3S. The minimum Gasteiger partial charge on any atom is -0.267 e. The second-order valence-electron chi connectivity index (χ2n) is 7.71. The number of hydrogen-bond acceptors (Lipinski definition) is 5. The van der Waals surface area contributed by atoms with E-state index in [1.165, 1.54) is 10.4 Å². The topological polar surface area (TPSA) is 103 Å². The lowest BCUT2D eigenvalue weighted by Gasteiger charge is -2.25. The maximum atomic E-state index is 12.8. The van der Waals surface area contributed by atoms with E-state index in [0.717, 1.165) is 30.4 Å². The number of hydrazone groups is 1. The summed E-state index contributed by atoms with van der Waals surface area (Å²) in [5.74, 6) is -0.614. The zero-order valence-corrected chi connectivity index (χ0v) is 19.0. The van der Waals surface area contributed by atoms with Crippen molar-refractivity contribution in [1.29, 1.82) is 5.26 Å². The molecule has 0 radical (unpaired) electrons. The van der Waals surface area contributed by atoms with Crippen LogP contribution in [0.15, 0.2) is 64.1 Å². The number of rotatable bonds is 6. The van der Waals surface area contributed by atoms with Crippen molar-refractivity contribution in [2.45, 2.75) is 38.0 Å². The van der Waals surface area contributed by atoms with Crippen LogP contribution < -0.4 is 5.43 Å². The number of sulfonamides is 1. The molecule has 2 aromatic rings. The summed E-state index contributed by atoms with van der Waals surface area (Å²) < 4.78 is 27.0. The molecular weight excluding hydrogens is 424 g/mol. The van der Waals surface area contributed by atoms with Crippen LogP contribution in [0, 0.1) is 18.3 Å². The van der Waals surface area contributed by atoms with Crippen LogP contribution in [0.1, 0.15) is 42.9 Å². The molecule has 1 saturated heterocycles. The van der Waals surface area contributed by atoms with Gasteiger partial charge in [-0.2, -0.15) is 14.7 Å². The van der Waals surface area contributed by atoms with Crippen molar-refractivity contribution in [3.63, 3.8) is 0 Å². The van der Waals surface area contributed by atoms with E-state index in [0.29, 0.717) is 24.4 Å². The van der Waals surface area contributed by atoms with E-state index in [9.17, 15) is 18.5 Å². The smallest absolute Gasteiger partial charge is 0.267 e. The second-order valence-corrected chi connectivity index (χ2v) is 9.65. The summed E-state index contributed by atoms with van der Waals surface area (Å²) >= 11 is 0. The Balaban J connectivity index is 1.69. The van der Waals surface area contributed by atoms with Crippen molar-refractivity contribution in [1.82, 2.24) is 9.73 Å². The largest absolute Gasteiger partial charge is 0.282 e. The maximum absolute atomic E-state index is 12.8. The molecule has 1 N–H and O–H groups in total. The summed E-state index contributed by atoms with van der Waals surface area (Å²) in [4.78, 5) is 12.6. The molecule has 1 amide bonds. The number of nitriles is 1. The van der Waals surface area contributed by atoms with E-state index in [2.05, 4.69) is 10.5 Å². The molecule has 0 saturated carbocycles. The first-order valence-corrected chi connectivity index (χ1v) is 11.9. The Labute approximate surface area is 189 Å². The Kier molecular flexibility index (Phi) is 7.57. The molecule has 0 atom stereocenters. The van der Waals surface area contributed by atoms with Gasteiger partial charge in [0.05, 0.1) is 10.6 Å². The predicted molar refractivity (Wildman–Crippen MR) is 124 cm³/mol. The van der Waals surface area contributed by atoms with Gasteiger partial charge in [0, 0.05) is 13.1 Å². The van der Waals surface area contributed by atoms with Crippen LogP contribution in [0.4, 0.5) is 0 Å². The molecule has 32 heavy (non-hydrogen) atoms. The highest BCUT2D eigenvalue weighted by Gasteiger charge is 2.25. The number of nitrogens with zero attached hydrogens (tertiary/aromatic N) is 3. The van der Waals surface area contributed by atoms with E-state index in [1.807, 2.05) is 37.3 Å². The first kappa shape index (κ1) is 23.4. The van der Waals surface area contributed by atoms with Crippen LogP contribution in [0.25, 0.3) is 6.08 Å². The Morgan fingerprint density at radius 2 is 1.69 bits per heavy atom. The third kappa shape index (κ3) is 5.69. The molecule has 0 unspecified atom stereocenters. The van der Waals surface area contributed by atoms with Crippen LogP contribution in [0.2, 0.25) is 0 Å². The second kappa shape index (κ2) is 10.4. The highest BCUT2D eigenvalue weighted by molar-refractivity contribution is 7.89. The highest BCUT2D eigenvalue weighted by Crippen LogP contribution is 2.21. The lowest BCUT2D eigenvalue weighted by Crippen LogP contribution is -2.35. The fraction of sp³-hybridized carbons (Fsp3) is 0.292. The van der Waals surface area contributed by atoms with Crippen molar-refractivity contribution in [2.75, 3.05) is 13.1 Å². The highest BCUT2D eigenvalue weighted by atomic mass is 32.2. The third-order valence-corrected chi connectivity index (χ3v) is 7.22. The molecule has 166 valence electrons. The van der Waals surface area contributed by atoms with Crippen LogP contribution in [-0.2, 0) is 14.8 Å². The molecule has 1 fully saturated rings. The van der Waals surface area contributed by atoms with Crippen molar-refractivity contribution in [2.24, 2.45) is 5.10 Å². The minimum atomic E-state index is -3.50. The Morgan fingerprint density at radius 3 is 2.28 bits per heavy atom. The van der Waals surface area contributed by atoms with Crippen molar-refractivity contribution >= 4 is 27.7 Å². The number of carbonyl (C=O) groups is 1. The third-order valence-electron chi connectivity index (χ3n) is 5.30. The molecule has 0 spiro atoms. The molecule has 7 nitrogen and oxygen atoms in total. The van der Waals surface area contributed by atoms with E-state index >= 15 is 0 Å². The van der Waals surface area contributed by atoms with Gasteiger partial charge >= 0.3 is 0 Å². The maximum Gasteiger partial charge on any atom is 0.282 e. The molecule has 1 aliphatic heterocycles. The van der Waals surface area contributed by atoms with Gasteiger partial charge < -0.3 is 0 Å². The number of nitrogens with one attached hydrogen (secondary N) is 1. The minimum absolute atomic E-state index is 0.0617. The first-order valence-electron chi connectivity index (χ1n) is 10.4. The standard InChI is InChI=1S/C24H26N4O3S/c1-18-6-8-20(9-7-18)16-22(17-25)24(29)27-26-19(2)21-10-12-23(13-11-21)32(30,31)28-14-4-3-5-15-28/h6-13,16H,3-5,14-15H2,1-2H3,(H,27,29)/b22-16+,26-19+. The first-order chi connectivity index (χ1) is 15.3. The molecule has 0 bridgehead atoms. The average molecular weight is 451 g/mol. The lowest BCUT2D eigenvalue weighted by atomic mass is 10.1. The summed E-state index contributed by atoms with van der Waals surface area (Å²) in [5, 5.41) is 13.4. The SMILES string of the molecule is C/C(=N\NC(=O)/C(C#N)=C/c1ccc(C)cc1)c1ccc(S(=O)(=O)N2CCCCC2)cc1. The quantitative estimate of drug-likeness (QED) is 0.314. The van der Waals surface area contributed by atoms with E-state index in [-0.39, 0.29) is 10.5 Å². The average Bonchev–Trinajstić information content (AvgIpc) is 2.82. The Morgan fingerprint density at radius 1 is 1.06 bits per heavy atom. The molecule has 1 aliphatic rings. The van der Waals surface area contributed by atoms with Crippen LogP contribution >= 0.6 is 0 Å². The summed E-state index contributed by atoms with van der Waals surface area (Å²) in [6, 6.07) is 15.8. The number of amides is 1. The van der Waals surface area contributed by atoms with E-state index in [1.54, 1.807) is 31.2 Å².